The molecule has 0 bridgehead atoms. The van der Waals surface area contributed by atoms with E-state index in [1.165, 1.54) is 0 Å². The van der Waals surface area contributed by atoms with Crippen LogP contribution in [0.5, 0.6) is 0 Å². The number of hydrogen-bond donors (Lipinski definition) is 0. The molecule has 0 saturated carbocycles. The van der Waals surface area contributed by atoms with E-state index in [0.29, 0.717) is 19.3 Å². The van der Waals surface area contributed by atoms with Crippen molar-refractivity contribution in [3.8, 4) is 0 Å². The monoisotopic (exact) mass is 356 g/mol. The molecule has 0 aromatic carbocycles. The van der Waals surface area contributed by atoms with Gasteiger partial charge in [0.15, 0.2) is 5.40 Å². The molecule has 0 amide bonds. The van der Waals surface area contributed by atoms with Gasteiger partial charge < -0.3 is 18.1 Å². The van der Waals surface area contributed by atoms with Gasteiger partial charge in [0, 0.05) is 0 Å². The third-order valence-corrected chi connectivity index (χ3v) is 8.98. The van der Waals surface area contributed by atoms with Gasteiger partial charge in [-0.25, -0.2) is 0 Å². The largest absolute Gasteiger partial charge is 0.345 e. The summed E-state index contributed by atoms with van der Waals surface area (Å²) < 4.78 is 47.7. The molecule has 0 saturated heterocycles. The number of hydrogen-bond acceptors (Lipinski definition) is 6. The van der Waals surface area contributed by atoms with Crippen molar-refractivity contribution < 1.29 is 27.2 Å². The van der Waals surface area contributed by atoms with Crippen molar-refractivity contribution in [1.82, 2.24) is 0 Å². The Balaban J connectivity index is 5.58. The zero-order chi connectivity index (χ0) is 17.1. The van der Waals surface area contributed by atoms with Gasteiger partial charge in [0.1, 0.15) is 0 Å². The predicted molar refractivity (Wildman–Crippen MR) is 89.6 cm³/mol. The van der Waals surface area contributed by atoms with Crippen LogP contribution in [0, 0.1) is 0 Å². The van der Waals surface area contributed by atoms with Gasteiger partial charge in [0.25, 0.3) is 0 Å². The Bertz CT molecular complexity index is 349. The maximum Gasteiger partial charge on any atom is 0.345 e. The molecule has 0 aromatic rings. The van der Waals surface area contributed by atoms with E-state index in [1.807, 2.05) is 0 Å². The van der Waals surface area contributed by atoms with Gasteiger partial charge in [-0.2, -0.15) is 0 Å². The van der Waals surface area contributed by atoms with E-state index in [4.69, 9.17) is 18.1 Å². The molecule has 0 fully saturated rings. The van der Waals surface area contributed by atoms with Gasteiger partial charge in [-0.1, -0.05) is 6.08 Å². The Morgan fingerprint density at radius 1 is 0.864 bits per heavy atom. The standard InChI is InChI=1S/C14H30O6P2/c1-6-11-12-13-14(21(15,17-7-2)18-8-3)22(16,19-9-4)20-10-5/h6,14H,1,7-13H2,2-5H3. The Labute approximate surface area is 134 Å². The highest BCUT2D eigenvalue weighted by atomic mass is 31.2. The normalized spacial score (nSPS) is 12.8. The molecule has 6 nitrogen and oxygen atoms in total. The lowest BCUT2D eigenvalue weighted by Crippen LogP contribution is -2.18. The van der Waals surface area contributed by atoms with Crippen molar-refractivity contribution in [1.29, 1.82) is 0 Å². The van der Waals surface area contributed by atoms with Gasteiger partial charge >= 0.3 is 15.2 Å². The summed E-state index contributed by atoms with van der Waals surface area (Å²) >= 11 is 0. The van der Waals surface area contributed by atoms with E-state index in [9.17, 15) is 9.13 Å². The number of allylic oxidation sites excluding steroid dienone is 1. The van der Waals surface area contributed by atoms with E-state index >= 15 is 0 Å². The molecular formula is C14H30O6P2. The molecule has 0 aliphatic carbocycles. The molecule has 22 heavy (non-hydrogen) atoms. The van der Waals surface area contributed by atoms with Crippen molar-refractivity contribution in [3.63, 3.8) is 0 Å². The van der Waals surface area contributed by atoms with Gasteiger partial charge in [0.2, 0.25) is 0 Å². The fourth-order valence-corrected chi connectivity index (χ4v) is 7.53. The van der Waals surface area contributed by atoms with Crippen molar-refractivity contribution in [3.05, 3.63) is 12.7 Å². The highest BCUT2D eigenvalue weighted by Gasteiger charge is 2.50. The Hall–Kier alpha value is 0.0400. The summed E-state index contributed by atoms with van der Waals surface area (Å²) in [6, 6.07) is 0. The van der Waals surface area contributed by atoms with Crippen molar-refractivity contribution in [2.75, 3.05) is 26.4 Å². The smallest absolute Gasteiger partial charge is 0.308 e. The highest BCUT2D eigenvalue weighted by Crippen LogP contribution is 2.71. The zero-order valence-corrected chi connectivity index (χ0v) is 15.9. The molecule has 0 spiro atoms. The van der Waals surface area contributed by atoms with Crippen LogP contribution in [0.4, 0.5) is 0 Å². The summed E-state index contributed by atoms with van der Waals surface area (Å²) in [6.07, 6.45) is 3.49. The van der Waals surface area contributed by atoms with Gasteiger partial charge in [-0.05, 0) is 47.0 Å². The van der Waals surface area contributed by atoms with Gasteiger partial charge in [-0.3, -0.25) is 9.13 Å². The first-order chi connectivity index (χ1) is 10.4. The summed E-state index contributed by atoms with van der Waals surface area (Å²) in [6.45, 7) is 11.4. The first kappa shape index (κ1) is 22.0. The van der Waals surface area contributed by atoms with Crippen LogP contribution in [0.3, 0.4) is 0 Å². The molecule has 8 heteroatoms. The first-order valence-electron chi connectivity index (χ1n) is 7.82. The van der Waals surface area contributed by atoms with E-state index in [2.05, 4.69) is 6.58 Å². The molecular weight excluding hydrogens is 326 g/mol. The van der Waals surface area contributed by atoms with E-state index in [1.54, 1.807) is 33.8 Å². The Morgan fingerprint density at radius 2 is 1.23 bits per heavy atom. The molecule has 0 unspecified atom stereocenters. The second-order valence-electron chi connectivity index (χ2n) is 4.45. The fraction of sp³-hybridized carbons (Fsp3) is 0.857. The second kappa shape index (κ2) is 11.6. The minimum absolute atomic E-state index is 0.202. The molecule has 0 radical (unpaired) electrons. The van der Waals surface area contributed by atoms with Crippen LogP contribution in [0.25, 0.3) is 0 Å². The zero-order valence-electron chi connectivity index (χ0n) is 14.2. The van der Waals surface area contributed by atoms with Crippen LogP contribution in [-0.2, 0) is 27.2 Å². The molecule has 0 aromatic heterocycles. The first-order valence-corrected chi connectivity index (χ1v) is 11.0. The van der Waals surface area contributed by atoms with Crippen molar-refractivity contribution in [2.45, 2.75) is 52.4 Å². The lowest BCUT2D eigenvalue weighted by Gasteiger charge is -2.31. The van der Waals surface area contributed by atoms with Crippen LogP contribution in [0.1, 0.15) is 47.0 Å². The van der Waals surface area contributed by atoms with E-state index in [-0.39, 0.29) is 26.4 Å². The third-order valence-electron chi connectivity index (χ3n) is 2.84. The van der Waals surface area contributed by atoms with Crippen LogP contribution < -0.4 is 0 Å². The molecule has 0 rings (SSSR count). The summed E-state index contributed by atoms with van der Waals surface area (Å²) in [4.78, 5) is 0. The SMILES string of the molecule is C=CCCCC(P(=O)(OCC)OCC)P(=O)(OCC)OCC. The summed E-state index contributed by atoms with van der Waals surface area (Å²) in [5.74, 6) is 0. The molecule has 132 valence electrons. The molecule has 0 aliphatic heterocycles. The predicted octanol–water partition coefficient (Wildman–Crippen LogP) is 5.20. The third kappa shape index (κ3) is 6.66. The number of rotatable bonds is 14. The van der Waals surface area contributed by atoms with Crippen LogP contribution >= 0.6 is 15.2 Å². The average Bonchev–Trinajstić information content (AvgIpc) is 2.44. The number of unbranched alkanes of at least 4 members (excludes halogenated alkanes) is 1. The summed E-state index contributed by atoms with van der Waals surface area (Å²) in [7, 11) is -7.20. The maximum atomic E-state index is 13.1. The average molecular weight is 356 g/mol. The molecule has 0 aliphatic rings. The second-order valence-corrected chi connectivity index (χ2v) is 9.30. The van der Waals surface area contributed by atoms with Gasteiger partial charge in [0.05, 0.1) is 26.4 Å². The van der Waals surface area contributed by atoms with Crippen molar-refractivity contribution >= 4 is 15.2 Å². The minimum Gasteiger partial charge on any atom is -0.308 e. The Morgan fingerprint density at radius 3 is 1.50 bits per heavy atom. The van der Waals surface area contributed by atoms with Gasteiger partial charge in [-0.15, -0.1) is 6.58 Å². The summed E-state index contributed by atoms with van der Waals surface area (Å²) in [5, 5.41) is -0.917. The minimum atomic E-state index is -3.60. The molecule has 0 atom stereocenters. The highest BCUT2D eigenvalue weighted by molar-refractivity contribution is 7.72. The summed E-state index contributed by atoms with van der Waals surface area (Å²) in [5.41, 5.74) is 0. The lowest BCUT2D eigenvalue weighted by atomic mass is 10.2. The maximum absolute atomic E-state index is 13.1. The quantitative estimate of drug-likeness (QED) is 0.242. The van der Waals surface area contributed by atoms with Crippen LogP contribution in [0.2, 0.25) is 0 Å². The van der Waals surface area contributed by atoms with Crippen LogP contribution in [0.15, 0.2) is 12.7 Å². The van der Waals surface area contributed by atoms with E-state index in [0.717, 1.165) is 0 Å². The molecule has 0 heterocycles. The Kier molecular flexibility index (Phi) is 11.6. The van der Waals surface area contributed by atoms with Crippen LogP contribution in [-0.4, -0.2) is 31.8 Å². The molecule has 0 N–H and O–H groups in total. The van der Waals surface area contributed by atoms with Crippen molar-refractivity contribution in [2.24, 2.45) is 0 Å². The lowest BCUT2D eigenvalue weighted by molar-refractivity contribution is 0.193. The fourth-order valence-electron chi connectivity index (χ4n) is 2.07. The topological polar surface area (TPSA) is 71.1 Å². The van der Waals surface area contributed by atoms with E-state index < -0.39 is 20.6 Å².